The summed E-state index contributed by atoms with van der Waals surface area (Å²) in [5.41, 5.74) is -0.141. The highest BCUT2D eigenvalue weighted by atomic mass is 32.2. The SMILES string of the molecule is COc1ccc2c(O[C@@H]3C[C@H]4C(=O)N[C@]5(C(=O)NS(=O)(=O)C6(C)CC6)C[C@H]5/C=C\CCCCC[C@H](NC(=O)N5CC(OC)C5)C(=O)N4C3)cc(OC(C)C)nc2c1C. The summed E-state index contributed by atoms with van der Waals surface area (Å²) in [6, 6.07) is 2.90. The summed E-state index contributed by atoms with van der Waals surface area (Å²) in [5, 5.41) is 6.54. The van der Waals surface area contributed by atoms with E-state index in [4.69, 9.17) is 23.9 Å². The van der Waals surface area contributed by atoms with Crippen LogP contribution in [0, 0.1) is 12.8 Å². The lowest BCUT2D eigenvalue weighted by Crippen LogP contribution is -2.61. The molecule has 2 saturated heterocycles. The molecule has 2 aliphatic carbocycles. The van der Waals surface area contributed by atoms with E-state index in [2.05, 4.69) is 15.4 Å². The molecule has 0 radical (unpaired) electrons. The molecule has 4 heterocycles. The number of allylic oxidation sites excluding steroid dienone is 1. The summed E-state index contributed by atoms with van der Waals surface area (Å²) >= 11 is 0. The predicted molar refractivity (Wildman–Crippen MR) is 214 cm³/mol. The number of methoxy groups -OCH3 is 2. The third kappa shape index (κ3) is 8.29. The molecular formula is C41H56N6O10S. The van der Waals surface area contributed by atoms with Gasteiger partial charge in [-0.1, -0.05) is 25.0 Å². The second-order valence-electron chi connectivity index (χ2n) is 16.9. The molecule has 316 valence electrons. The van der Waals surface area contributed by atoms with E-state index in [0.717, 1.165) is 18.4 Å². The molecule has 3 aliphatic heterocycles. The van der Waals surface area contributed by atoms with Crippen LogP contribution in [0.1, 0.15) is 84.1 Å². The number of pyridine rings is 1. The van der Waals surface area contributed by atoms with Gasteiger partial charge >= 0.3 is 6.03 Å². The highest BCUT2D eigenvalue weighted by molar-refractivity contribution is 7.91. The molecule has 3 N–H and O–H groups in total. The fraction of sp³-hybridized carbons (Fsp3) is 0.634. The van der Waals surface area contributed by atoms with Crippen LogP contribution in [0.5, 0.6) is 17.4 Å². The van der Waals surface area contributed by atoms with Crippen LogP contribution < -0.4 is 29.6 Å². The molecule has 16 nitrogen and oxygen atoms in total. The number of fused-ring (bicyclic) bond motifs is 3. The number of aromatic nitrogens is 1. The number of hydrogen-bond acceptors (Lipinski definition) is 11. The highest BCUT2D eigenvalue weighted by Crippen LogP contribution is 2.47. The molecule has 5 amide bonds. The molecule has 0 bridgehead atoms. The van der Waals surface area contributed by atoms with Gasteiger partial charge in [-0.05, 0) is 78.4 Å². The van der Waals surface area contributed by atoms with Gasteiger partial charge in [-0.2, -0.15) is 0 Å². The number of urea groups is 1. The van der Waals surface area contributed by atoms with Crippen LogP contribution >= 0.6 is 0 Å². The number of benzene rings is 1. The van der Waals surface area contributed by atoms with Gasteiger partial charge in [-0.25, -0.2) is 18.2 Å². The first-order chi connectivity index (χ1) is 27.6. The quantitative estimate of drug-likeness (QED) is 0.297. The Labute approximate surface area is 339 Å². The first-order valence-corrected chi connectivity index (χ1v) is 21.8. The van der Waals surface area contributed by atoms with E-state index >= 15 is 0 Å². The van der Waals surface area contributed by atoms with Crippen LogP contribution in [0.15, 0.2) is 30.4 Å². The van der Waals surface area contributed by atoms with Gasteiger partial charge in [0.25, 0.3) is 5.91 Å². The summed E-state index contributed by atoms with van der Waals surface area (Å²) in [6.45, 7) is 8.05. The Morgan fingerprint density at radius 3 is 2.48 bits per heavy atom. The molecule has 0 spiro atoms. The van der Waals surface area contributed by atoms with Crippen molar-refractivity contribution >= 4 is 44.7 Å². The van der Waals surface area contributed by atoms with Crippen LogP contribution in [0.25, 0.3) is 10.9 Å². The number of carbonyl (C=O) groups excluding carboxylic acids is 4. The molecule has 5 atom stereocenters. The highest BCUT2D eigenvalue weighted by Gasteiger charge is 2.63. The van der Waals surface area contributed by atoms with E-state index in [1.54, 1.807) is 32.1 Å². The normalized spacial score (nSPS) is 27.9. The Kier molecular flexibility index (Phi) is 11.6. The second-order valence-corrected chi connectivity index (χ2v) is 19.1. The van der Waals surface area contributed by atoms with Crippen molar-refractivity contribution in [2.75, 3.05) is 33.9 Å². The Morgan fingerprint density at radius 2 is 1.79 bits per heavy atom. The molecule has 1 aromatic heterocycles. The van der Waals surface area contributed by atoms with E-state index in [9.17, 15) is 27.6 Å². The largest absolute Gasteiger partial charge is 0.496 e. The number of nitrogens with zero attached hydrogens (tertiary/aromatic N) is 3. The summed E-state index contributed by atoms with van der Waals surface area (Å²) in [7, 11) is -0.832. The van der Waals surface area contributed by atoms with Gasteiger partial charge in [0, 0.05) is 36.5 Å². The maximum atomic E-state index is 14.7. The Morgan fingerprint density at radius 1 is 1.03 bits per heavy atom. The summed E-state index contributed by atoms with van der Waals surface area (Å²) in [6.07, 6.45) is 7.26. The first kappa shape index (κ1) is 41.5. The second kappa shape index (κ2) is 16.2. The molecule has 0 unspecified atom stereocenters. The van der Waals surface area contributed by atoms with Crippen molar-refractivity contribution in [2.45, 2.75) is 126 Å². The van der Waals surface area contributed by atoms with E-state index in [1.165, 1.54) is 4.90 Å². The minimum atomic E-state index is -4.00. The van der Waals surface area contributed by atoms with E-state index in [0.29, 0.717) is 73.5 Å². The van der Waals surface area contributed by atoms with E-state index in [1.807, 2.05) is 45.1 Å². The lowest BCUT2D eigenvalue weighted by atomic mass is 10.0. The molecule has 58 heavy (non-hydrogen) atoms. The van der Waals surface area contributed by atoms with Crippen LogP contribution in [-0.2, 0) is 29.1 Å². The minimum Gasteiger partial charge on any atom is -0.496 e. The molecular weight excluding hydrogens is 769 g/mol. The van der Waals surface area contributed by atoms with E-state index in [-0.39, 0.29) is 31.6 Å². The average Bonchev–Trinajstić information content (AvgIpc) is 4.03. The number of sulfonamides is 1. The standard InChI is InChI=1S/C41H56N6O10S/c1-24(2)56-34-19-33(29-14-15-32(55-6)25(3)35(29)43-34)57-27-18-31-36(48)44-41(38(50)45-58(52,53)40(4)16-17-40)20-26(41)12-10-8-7-9-11-13-30(37(49)47(31)23-27)42-39(51)46-21-28(22-46)54-5/h10,12,14-15,19,24,26-28,30-31H,7-9,11,13,16-18,20-23H2,1-6H3,(H,42,51)(H,44,48)(H,45,50)/b12-10-/t26-,27-,30+,31+,41-/m1/s1. The lowest BCUT2D eigenvalue weighted by molar-refractivity contribution is -0.141. The minimum absolute atomic E-state index is 0.00661. The molecule has 4 fully saturated rings. The smallest absolute Gasteiger partial charge is 0.318 e. The average molecular weight is 825 g/mol. The number of nitrogens with one attached hydrogen (secondary N) is 3. The number of likely N-dealkylation sites (tertiary alicyclic amines) is 1. The molecule has 2 aromatic rings. The monoisotopic (exact) mass is 824 g/mol. The fourth-order valence-electron chi connectivity index (χ4n) is 8.10. The summed E-state index contributed by atoms with van der Waals surface area (Å²) < 4.78 is 51.3. The number of carbonyl (C=O) groups is 4. The van der Waals surface area contributed by atoms with Gasteiger partial charge in [-0.3, -0.25) is 19.1 Å². The van der Waals surface area contributed by atoms with Crippen LogP contribution in [0.3, 0.4) is 0 Å². The zero-order valence-corrected chi connectivity index (χ0v) is 35.0. The van der Waals surface area contributed by atoms with Crippen molar-refractivity contribution < 1.29 is 46.5 Å². The Bertz CT molecular complexity index is 2080. The van der Waals surface area contributed by atoms with Crippen molar-refractivity contribution in [3.8, 4) is 17.4 Å². The molecule has 17 heteroatoms. The summed E-state index contributed by atoms with van der Waals surface area (Å²) in [4.78, 5) is 64.4. The zero-order valence-electron chi connectivity index (χ0n) is 34.2. The van der Waals surface area contributed by atoms with Crippen molar-refractivity contribution in [3.63, 3.8) is 0 Å². The van der Waals surface area contributed by atoms with Crippen molar-refractivity contribution in [2.24, 2.45) is 5.92 Å². The topological polar surface area (TPSA) is 195 Å². The van der Waals surface area contributed by atoms with Crippen molar-refractivity contribution in [3.05, 3.63) is 35.9 Å². The number of hydrogen-bond donors (Lipinski definition) is 3. The van der Waals surface area contributed by atoms with Gasteiger partial charge in [0.15, 0.2) is 0 Å². The number of rotatable bonds is 10. The molecule has 5 aliphatic rings. The Balaban J connectivity index is 1.21. The first-order valence-electron chi connectivity index (χ1n) is 20.3. The van der Waals surface area contributed by atoms with Gasteiger partial charge in [0.2, 0.25) is 27.7 Å². The number of amides is 5. The lowest BCUT2D eigenvalue weighted by Gasteiger charge is -2.39. The molecule has 2 saturated carbocycles. The number of aryl methyl sites for hydroxylation is 1. The van der Waals surface area contributed by atoms with Gasteiger partial charge < -0.3 is 39.4 Å². The fourth-order valence-corrected chi connectivity index (χ4v) is 9.41. The van der Waals surface area contributed by atoms with Gasteiger partial charge in [-0.15, -0.1) is 0 Å². The van der Waals surface area contributed by atoms with Gasteiger partial charge in [0.1, 0.15) is 35.2 Å². The van der Waals surface area contributed by atoms with Crippen LogP contribution in [0.4, 0.5) is 4.79 Å². The van der Waals surface area contributed by atoms with Crippen molar-refractivity contribution in [1.82, 2.24) is 30.1 Å². The Hall–Kier alpha value is -4.64. The van der Waals surface area contributed by atoms with Crippen LogP contribution in [-0.4, -0.2) is 121 Å². The van der Waals surface area contributed by atoms with Crippen molar-refractivity contribution in [1.29, 1.82) is 0 Å². The predicted octanol–water partition coefficient (Wildman–Crippen LogP) is 3.49. The van der Waals surface area contributed by atoms with E-state index < -0.39 is 68.2 Å². The molecule has 1 aromatic carbocycles. The third-order valence-electron chi connectivity index (χ3n) is 12.2. The maximum absolute atomic E-state index is 14.7. The molecule has 7 rings (SSSR count). The maximum Gasteiger partial charge on any atom is 0.318 e. The summed E-state index contributed by atoms with van der Waals surface area (Å²) in [5.74, 6) is -0.900. The van der Waals surface area contributed by atoms with Gasteiger partial charge in [0.05, 0.1) is 49.2 Å². The third-order valence-corrected chi connectivity index (χ3v) is 14.4. The number of ether oxygens (including phenoxy) is 4. The zero-order chi connectivity index (χ0) is 41.6. The van der Waals surface area contributed by atoms with Crippen LogP contribution in [0.2, 0.25) is 0 Å².